The summed E-state index contributed by atoms with van der Waals surface area (Å²) in [5.41, 5.74) is 10.6. The second-order valence-electron chi connectivity index (χ2n) is 10.3. The molecule has 0 spiro atoms. The fourth-order valence-electron chi connectivity index (χ4n) is 5.85. The third kappa shape index (κ3) is 3.82. The lowest BCUT2D eigenvalue weighted by Crippen LogP contribution is -1.97. The van der Waals surface area contributed by atoms with Gasteiger partial charge in [-0.25, -0.2) is 9.97 Å². The first kappa shape index (κ1) is 23.3. The largest absolute Gasteiger partial charge is 0.327 e. The van der Waals surface area contributed by atoms with E-state index < -0.39 is 0 Å². The molecule has 194 valence electrons. The van der Waals surface area contributed by atoms with Gasteiger partial charge in [-0.2, -0.15) is 0 Å². The highest BCUT2D eigenvalue weighted by Gasteiger charge is 2.17. The fraction of sp³-hybridized carbons (Fsp3) is 0.0278. The Kier molecular flexibility index (Phi) is 5.28. The minimum atomic E-state index is 0.926. The SMILES string of the molecule is Cn1c(-c2ccc3c4cccnc4n(-c4cccc(-c5ccccn5)c4)c3c2)nc2cc(-c3ccccc3)ccc21. The quantitative estimate of drug-likeness (QED) is 0.231. The van der Waals surface area contributed by atoms with E-state index in [2.05, 4.69) is 112 Å². The standard InChI is InChI=1S/C36H25N5/c1-40-33-18-16-25(24-9-3-2-4-10-24)22-32(33)39-35(40)27-15-17-29-30-13-8-20-38-36(30)41(34(29)23-27)28-12-7-11-26(21-28)31-14-5-6-19-37-31/h2-23H,1H3. The van der Waals surface area contributed by atoms with Crippen molar-refractivity contribution in [3.05, 3.63) is 134 Å². The van der Waals surface area contributed by atoms with Crippen molar-refractivity contribution < 1.29 is 0 Å². The second kappa shape index (κ2) is 9.28. The predicted octanol–water partition coefficient (Wildman–Crippen LogP) is 8.46. The van der Waals surface area contributed by atoms with Gasteiger partial charge in [0.15, 0.2) is 0 Å². The van der Waals surface area contributed by atoms with E-state index in [9.17, 15) is 0 Å². The van der Waals surface area contributed by atoms with Crippen LogP contribution in [0.25, 0.3) is 72.4 Å². The van der Waals surface area contributed by atoms with E-state index in [-0.39, 0.29) is 0 Å². The zero-order valence-electron chi connectivity index (χ0n) is 22.4. The Bertz CT molecular complexity index is 2210. The van der Waals surface area contributed by atoms with E-state index in [4.69, 9.17) is 9.97 Å². The summed E-state index contributed by atoms with van der Waals surface area (Å²) in [6.07, 6.45) is 3.69. The van der Waals surface area contributed by atoms with Gasteiger partial charge in [-0.15, -0.1) is 0 Å². The van der Waals surface area contributed by atoms with Gasteiger partial charge < -0.3 is 4.57 Å². The van der Waals surface area contributed by atoms with Crippen molar-refractivity contribution in [2.45, 2.75) is 0 Å². The highest BCUT2D eigenvalue weighted by atomic mass is 15.1. The normalized spacial score (nSPS) is 11.5. The molecule has 5 nitrogen and oxygen atoms in total. The number of benzene rings is 4. The molecule has 0 N–H and O–H groups in total. The van der Waals surface area contributed by atoms with Gasteiger partial charge in [0, 0.05) is 47.0 Å². The van der Waals surface area contributed by atoms with E-state index in [0.717, 1.165) is 66.9 Å². The first-order valence-electron chi connectivity index (χ1n) is 13.7. The molecule has 0 aliphatic heterocycles. The van der Waals surface area contributed by atoms with E-state index in [1.54, 1.807) is 0 Å². The summed E-state index contributed by atoms with van der Waals surface area (Å²) in [7, 11) is 2.09. The molecule has 4 heterocycles. The molecule has 0 aliphatic carbocycles. The summed E-state index contributed by atoms with van der Waals surface area (Å²) in [6, 6.07) is 42.2. The van der Waals surface area contributed by atoms with Crippen LogP contribution in [0.5, 0.6) is 0 Å². The number of aromatic nitrogens is 5. The Morgan fingerprint density at radius 2 is 1.37 bits per heavy atom. The number of imidazole rings is 1. The number of fused-ring (bicyclic) bond motifs is 4. The number of pyridine rings is 2. The minimum Gasteiger partial charge on any atom is -0.327 e. The van der Waals surface area contributed by atoms with Crippen molar-refractivity contribution in [3.8, 4) is 39.5 Å². The van der Waals surface area contributed by atoms with Gasteiger partial charge in [-0.1, -0.05) is 66.7 Å². The molecule has 5 heteroatoms. The van der Waals surface area contributed by atoms with E-state index in [1.807, 2.05) is 42.7 Å². The Balaban J connectivity index is 1.32. The number of aryl methyl sites for hydroxylation is 1. The highest BCUT2D eigenvalue weighted by molar-refractivity contribution is 6.09. The highest BCUT2D eigenvalue weighted by Crippen LogP contribution is 2.35. The molecule has 0 aliphatic rings. The summed E-state index contributed by atoms with van der Waals surface area (Å²) in [5, 5.41) is 2.28. The summed E-state index contributed by atoms with van der Waals surface area (Å²) < 4.78 is 4.43. The van der Waals surface area contributed by atoms with Crippen LogP contribution in [0.1, 0.15) is 0 Å². The zero-order chi connectivity index (χ0) is 27.3. The molecule has 0 saturated carbocycles. The Hall–Kier alpha value is -5.55. The first-order chi connectivity index (χ1) is 20.2. The third-order valence-electron chi connectivity index (χ3n) is 7.84. The monoisotopic (exact) mass is 527 g/mol. The van der Waals surface area contributed by atoms with E-state index in [1.165, 1.54) is 5.56 Å². The van der Waals surface area contributed by atoms with Crippen LogP contribution in [0.3, 0.4) is 0 Å². The molecule has 0 amide bonds. The molecule has 8 aromatic rings. The molecule has 41 heavy (non-hydrogen) atoms. The van der Waals surface area contributed by atoms with Gasteiger partial charge in [-0.3, -0.25) is 9.55 Å². The van der Waals surface area contributed by atoms with Crippen LogP contribution in [-0.2, 0) is 7.05 Å². The molecule has 0 atom stereocenters. The van der Waals surface area contributed by atoms with Crippen LogP contribution < -0.4 is 0 Å². The number of nitrogens with zero attached hydrogens (tertiary/aromatic N) is 5. The van der Waals surface area contributed by atoms with Crippen molar-refractivity contribution in [2.75, 3.05) is 0 Å². The molecular weight excluding hydrogens is 502 g/mol. The lowest BCUT2D eigenvalue weighted by Gasteiger charge is -2.10. The summed E-state index contributed by atoms with van der Waals surface area (Å²) in [4.78, 5) is 14.5. The Labute approximate surface area is 237 Å². The third-order valence-corrected chi connectivity index (χ3v) is 7.84. The van der Waals surface area contributed by atoms with E-state index in [0.29, 0.717) is 0 Å². The second-order valence-corrected chi connectivity index (χ2v) is 10.3. The van der Waals surface area contributed by atoms with Crippen LogP contribution in [-0.4, -0.2) is 24.1 Å². The van der Waals surface area contributed by atoms with Crippen molar-refractivity contribution in [2.24, 2.45) is 7.05 Å². The molecule has 8 rings (SSSR count). The lowest BCUT2D eigenvalue weighted by atomic mass is 10.1. The topological polar surface area (TPSA) is 48.5 Å². The zero-order valence-corrected chi connectivity index (χ0v) is 22.4. The molecule has 0 bridgehead atoms. The van der Waals surface area contributed by atoms with Crippen LogP contribution in [0, 0.1) is 0 Å². The number of hydrogen-bond donors (Lipinski definition) is 0. The van der Waals surface area contributed by atoms with Crippen molar-refractivity contribution >= 4 is 33.0 Å². The van der Waals surface area contributed by atoms with Crippen molar-refractivity contribution in [1.82, 2.24) is 24.1 Å². The van der Waals surface area contributed by atoms with Gasteiger partial charge in [0.25, 0.3) is 0 Å². The number of rotatable bonds is 4. The summed E-state index contributed by atoms with van der Waals surface area (Å²) in [6.45, 7) is 0. The average molecular weight is 528 g/mol. The van der Waals surface area contributed by atoms with Gasteiger partial charge in [0.05, 0.1) is 22.2 Å². The van der Waals surface area contributed by atoms with Gasteiger partial charge in [0.2, 0.25) is 0 Å². The average Bonchev–Trinajstić information content (AvgIpc) is 3.55. The lowest BCUT2D eigenvalue weighted by molar-refractivity contribution is 0.959. The van der Waals surface area contributed by atoms with Gasteiger partial charge in [0.1, 0.15) is 11.5 Å². The van der Waals surface area contributed by atoms with Crippen LogP contribution >= 0.6 is 0 Å². The van der Waals surface area contributed by atoms with Gasteiger partial charge in [-0.05, 0) is 65.7 Å². The molecule has 0 unspecified atom stereocenters. The predicted molar refractivity (Wildman–Crippen MR) is 167 cm³/mol. The van der Waals surface area contributed by atoms with Crippen molar-refractivity contribution in [3.63, 3.8) is 0 Å². The van der Waals surface area contributed by atoms with E-state index >= 15 is 0 Å². The minimum absolute atomic E-state index is 0.926. The molecular formula is C36H25N5. The van der Waals surface area contributed by atoms with Crippen LogP contribution in [0.15, 0.2) is 134 Å². The maximum Gasteiger partial charge on any atom is 0.145 e. The van der Waals surface area contributed by atoms with Crippen LogP contribution in [0.4, 0.5) is 0 Å². The van der Waals surface area contributed by atoms with Crippen LogP contribution in [0.2, 0.25) is 0 Å². The molecule has 4 aromatic heterocycles. The Morgan fingerprint density at radius 1 is 0.537 bits per heavy atom. The summed E-state index contributed by atoms with van der Waals surface area (Å²) in [5.74, 6) is 0.930. The molecule has 0 saturated heterocycles. The maximum absolute atomic E-state index is 5.12. The van der Waals surface area contributed by atoms with Gasteiger partial charge >= 0.3 is 0 Å². The number of hydrogen-bond acceptors (Lipinski definition) is 3. The maximum atomic E-state index is 5.12. The molecule has 0 radical (unpaired) electrons. The molecule has 4 aromatic carbocycles. The van der Waals surface area contributed by atoms with Crippen molar-refractivity contribution in [1.29, 1.82) is 0 Å². The first-order valence-corrected chi connectivity index (χ1v) is 13.7. The fourth-order valence-corrected chi connectivity index (χ4v) is 5.85. The molecule has 0 fully saturated rings. The Morgan fingerprint density at radius 3 is 2.24 bits per heavy atom. The summed E-state index contributed by atoms with van der Waals surface area (Å²) >= 11 is 0. The smallest absolute Gasteiger partial charge is 0.145 e.